The largest absolute Gasteiger partial charge is 0.334 e. The first kappa shape index (κ1) is 20.6. The monoisotopic (exact) mass is 410 g/mol. The van der Waals surface area contributed by atoms with E-state index >= 15 is 0 Å². The molecule has 5 nitrogen and oxygen atoms in total. The molecule has 1 saturated heterocycles. The van der Waals surface area contributed by atoms with Crippen molar-refractivity contribution in [3.05, 3.63) is 47.0 Å². The summed E-state index contributed by atoms with van der Waals surface area (Å²) >= 11 is 0. The lowest BCUT2D eigenvalue weighted by Gasteiger charge is -2.28. The van der Waals surface area contributed by atoms with Crippen LogP contribution in [0.4, 0.5) is 8.78 Å². The highest BCUT2D eigenvalue weighted by molar-refractivity contribution is 7.91. The van der Waals surface area contributed by atoms with Crippen molar-refractivity contribution in [2.24, 2.45) is 10.9 Å². The number of amides is 1. The summed E-state index contributed by atoms with van der Waals surface area (Å²) in [5, 5.41) is 0. The Kier molecular flexibility index (Phi) is 6.27. The smallest absolute Gasteiger partial charge is 0.252 e. The minimum Gasteiger partial charge on any atom is -0.334 e. The van der Waals surface area contributed by atoms with Gasteiger partial charge in [-0.15, -0.1) is 0 Å². The molecule has 0 N–H and O–H groups in total. The van der Waals surface area contributed by atoms with Gasteiger partial charge in [-0.1, -0.05) is 6.07 Å². The number of hydrogen-bond donors (Lipinski definition) is 0. The molecule has 0 bridgehead atoms. The molecule has 0 aliphatic carbocycles. The van der Waals surface area contributed by atoms with E-state index in [2.05, 4.69) is 4.99 Å². The second kappa shape index (κ2) is 8.51. The van der Waals surface area contributed by atoms with Gasteiger partial charge in [-0.3, -0.25) is 9.79 Å². The maximum atomic E-state index is 14.1. The number of benzene rings is 1. The number of halogens is 2. The zero-order valence-electron chi connectivity index (χ0n) is 15.8. The van der Waals surface area contributed by atoms with E-state index in [4.69, 9.17) is 0 Å². The number of sulfone groups is 1. The zero-order valence-corrected chi connectivity index (χ0v) is 16.6. The Morgan fingerprint density at radius 3 is 2.43 bits per heavy atom. The van der Waals surface area contributed by atoms with Crippen LogP contribution in [0.2, 0.25) is 0 Å². The van der Waals surface area contributed by atoms with Crippen LogP contribution >= 0.6 is 0 Å². The van der Waals surface area contributed by atoms with Gasteiger partial charge in [-0.05, 0) is 50.3 Å². The van der Waals surface area contributed by atoms with E-state index in [0.29, 0.717) is 31.4 Å². The van der Waals surface area contributed by atoms with Crippen LogP contribution < -0.4 is 0 Å². The second-order valence-electron chi connectivity index (χ2n) is 7.44. The summed E-state index contributed by atoms with van der Waals surface area (Å²) in [6.07, 6.45) is 3.41. The standard InChI is InChI=1S/C20H24F2N2O3S/c1-14-11-16(12-23-14)20(25)24(13-17-18(21)3-2-4-19(17)22)8-5-15-6-9-28(26,27)10-7-15/h2-4,11,15H,5-10,12-13H2,1H3. The van der Waals surface area contributed by atoms with E-state index in [1.165, 1.54) is 23.1 Å². The molecule has 152 valence electrons. The Balaban J connectivity index is 1.73. The molecule has 1 aromatic carbocycles. The van der Waals surface area contributed by atoms with Crippen LogP contribution in [0.25, 0.3) is 0 Å². The van der Waals surface area contributed by atoms with Crippen molar-refractivity contribution < 1.29 is 22.0 Å². The third kappa shape index (κ3) is 5.04. The highest BCUT2D eigenvalue weighted by Crippen LogP contribution is 2.24. The van der Waals surface area contributed by atoms with Gasteiger partial charge in [0, 0.05) is 23.4 Å². The quantitative estimate of drug-likeness (QED) is 0.724. The summed E-state index contributed by atoms with van der Waals surface area (Å²) in [7, 11) is -2.95. The molecule has 8 heteroatoms. The van der Waals surface area contributed by atoms with Gasteiger partial charge in [0.1, 0.15) is 21.5 Å². The molecule has 2 aliphatic heterocycles. The summed E-state index contributed by atoms with van der Waals surface area (Å²) in [6.45, 7) is 2.21. The summed E-state index contributed by atoms with van der Waals surface area (Å²) < 4.78 is 51.4. The summed E-state index contributed by atoms with van der Waals surface area (Å²) in [6, 6.07) is 3.64. The highest BCUT2D eigenvalue weighted by atomic mass is 32.2. The number of allylic oxidation sites excluding steroid dienone is 1. The van der Waals surface area contributed by atoms with Crippen molar-refractivity contribution in [2.75, 3.05) is 24.6 Å². The number of rotatable bonds is 6. The molecule has 1 fully saturated rings. The summed E-state index contributed by atoms with van der Waals surface area (Å²) in [5.41, 5.74) is 1.11. The fourth-order valence-electron chi connectivity index (χ4n) is 3.58. The van der Waals surface area contributed by atoms with Gasteiger partial charge in [-0.2, -0.15) is 0 Å². The molecular formula is C20H24F2N2O3S. The maximum absolute atomic E-state index is 14.1. The molecule has 0 spiro atoms. The minimum absolute atomic E-state index is 0.140. The Morgan fingerprint density at radius 2 is 1.86 bits per heavy atom. The Bertz CT molecular complexity index is 891. The van der Waals surface area contributed by atoms with E-state index in [1.54, 1.807) is 13.0 Å². The van der Waals surface area contributed by atoms with E-state index in [1.807, 2.05) is 0 Å². The van der Waals surface area contributed by atoms with Crippen LogP contribution in [-0.2, 0) is 21.2 Å². The lowest BCUT2D eigenvalue weighted by atomic mass is 9.98. The highest BCUT2D eigenvalue weighted by Gasteiger charge is 2.27. The molecule has 0 saturated carbocycles. The predicted molar refractivity (Wildman–Crippen MR) is 104 cm³/mol. The molecule has 0 atom stereocenters. The minimum atomic E-state index is -2.95. The molecular weight excluding hydrogens is 386 g/mol. The Labute approximate surface area is 164 Å². The van der Waals surface area contributed by atoms with Gasteiger partial charge >= 0.3 is 0 Å². The van der Waals surface area contributed by atoms with Crippen LogP contribution in [0, 0.1) is 17.6 Å². The van der Waals surface area contributed by atoms with Gasteiger partial charge < -0.3 is 4.90 Å². The van der Waals surface area contributed by atoms with Crippen LogP contribution in [0.3, 0.4) is 0 Å². The topological polar surface area (TPSA) is 66.8 Å². The van der Waals surface area contributed by atoms with Crippen molar-refractivity contribution in [1.82, 2.24) is 4.90 Å². The van der Waals surface area contributed by atoms with E-state index < -0.39 is 21.5 Å². The fraction of sp³-hybridized carbons (Fsp3) is 0.500. The number of nitrogens with zero attached hydrogens (tertiary/aromatic N) is 2. The average molecular weight is 410 g/mol. The van der Waals surface area contributed by atoms with Crippen molar-refractivity contribution in [1.29, 1.82) is 0 Å². The molecule has 28 heavy (non-hydrogen) atoms. The van der Waals surface area contributed by atoms with Crippen molar-refractivity contribution in [3.63, 3.8) is 0 Å². The predicted octanol–water partition coefficient (Wildman–Crippen LogP) is 2.91. The van der Waals surface area contributed by atoms with Gasteiger partial charge in [-0.25, -0.2) is 17.2 Å². The normalized spacial score (nSPS) is 19.2. The van der Waals surface area contributed by atoms with E-state index in [-0.39, 0.29) is 42.0 Å². The summed E-state index contributed by atoms with van der Waals surface area (Å²) in [4.78, 5) is 18.6. The third-order valence-electron chi connectivity index (χ3n) is 5.34. The SMILES string of the molecule is CC1=NCC(C(=O)N(CCC2CCS(=O)(=O)CC2)Cc2c(F)cccc2F)=C1. The lowest BCUT2D eigenvalue weighted by Crippen LogP contribution is -2.35. The van der Waals surface area contributed by atoms with Gasteiger partial charge in [0.15, 0.2) is 0 Å². The first-order valence-corrected chi connectivity index (χ1v) is 11.2. The number of carbonyl (C=O) groups is 1. The maximum Gasteiger partial charge on any atom is 0.252 e. The number of aliphatic imine (C=N–C) groups is 1. The molecule has 1 amide bonds. The number of hydrogen-bond acceptors (Lipinski definition) is 4. The number of carbonyl (C=O) groups excluding carboxylic acids is 1. The van der Waals surface area contributed by atoms with Crippen LogP contribution in [0.5, 0.6) is 0 Å². The van der Waals surface area contributed by atoms with Gasteiger partial charge in [0.05, 0.1) is 24.6 Å². The molecule has 3 rings (SSSR count). The van der Waals surface area contributed by atoms with Crippen molar-refractivity contribution in [2.45, 2.75) is 32.7 Å². The molecule has 2 heterocycles. The second-order valence-corrected chi connectivity index (χ2v) is 9.74. The molecule has 0 radical (unpaired) electrons. The molecule has 0 aromatic heterocycles. The van der Waals surface area contributed by atoms with Gasteiger partial charge in [0.2, 0.25) is 0 Å². The van der Waals surface area contributed by atoms with E-state index in [0.717, 1.165) is 5.71 Å². The third-order valence-corrected chi connectivity index (χ3v) is 7.05. The van der Waals surface area contributed by atoms with Crippen LogP contribution in [-0.4, -0.2) is 49.5 Å². The van der Waals surface area contributed by atoms with Crippen LogP contribution in [0.1, 0.15) is 31.7 Å². The zero-order chi connectivity index (χ0) is 20.3. The van der Waals surface area contributed by atoms with Crippen LogP contribution in [0.15, 0.2) is 34.8 Å². The molecule has 2 aliphatic rings. The van der Waals surface area contributed by atoms with Crippen molar-refractivity contribution in [3.8, 4) is 0 Å². The van der Waals surface area contributed by atoms with E-state index in [9.17, 15) is 22.0 Å². The first-order valence-electron chi connectivity index (χ1n) is 9.39. The Hall–Kier alpha value is -2.09. The summed E-state index contributed by atoms with van der Waals surface area (Å²) in [5.74, 6) is -1.16. The fourth-order valence-corrected chi connectivity index (χ4v) is 5.17. The molecule has 1 aromatic rings. The van der Waals surface area contributed by atoms with Gasteiger partial charge in [0.25, 0.3) is 5.91 Å². The van der Waals surface area contributed by atoms with Crippen molar-refractivity contribution >= 4 is 21.5 Å². The molecule has 0 unspecified atom stereocenters. The Morgan fingerprint density at radius 1 is 1.21 bits per heavy atom. The first-order chi connectivity index (χ1) is 13.2. The average Bonchev–Trinajstić information content (AvgIpc) is 3.08. The lowest BCUT2D eigenvalue weighted by molar-refractivity contribution is -0.128.